The molecule has 1 rings (SSSR count). The van der Waals surface area contributed by atoms with Gasteiger partial charge >= 0.3 is 0 Å². The molecule has 0 heterocycles. The molecule has 0 fully saturated rings. The van der Waals surface area contributed by atoms with Gasteiger partial charge < -0.3 is 5.73 Å². The van der Waals surface area contributed by atoms with Crippen LogP contribution in [-0.2, 0) is 15.6 Å². The van der Waals surface area contributed by atoms with Gasteiger partial charge in [0.2, 0.25) is 0 Å². The lowest BCUT2D eigenvalue weighted by Crippen LogP contribution is -2.27. The van der Waals surface area contributed by atoms with Crippen molar-refractivity contribution >= 4 is 9.84 Å². The summed E-state index contributed by atoms with van der Waals surface area (Å²) in [6.45, 7) is 1.52. The summed E-state index contributed by atoms with van der Waals surface area (Å²) >= 11 is 0. The summed E-state index contributed by atoms with van der Waals surface area (Å²) < 4.78 is 49.4. The second-order valence-electron chi connectivity index (χ2n) is 3.73. The predicted octanol–water partition coefficient (Wildman–Crippen LogP) is 1.23. The average Bonchev–Trinajstić information content (AvgIpc) is 2.09. The van der Waals surface area contributed by atoms with Crippen LogP contribution in [0.15, 0.2) is 18.2 Å². The minimum absolute atomic E-state index is 0.291. The second-order valence-corrected chi connectivity index (χ2v) is 5.84. The van der Waals surface area contributed by atoms with Gasteiger partial charge in [-0.05, 0) is 19.1 Å². The van der Waals surface area contributed by atoms with E-state index in [9.17, 15) is 17.2 Å². The number of nitrogens with two attached hydrogens (primary N) is 1. The van der Waals surface area contributed by atoms with Gasteiger partial charge in [-0.2, -0.15) is 0 Å². The molecule has 0 aromatic heterocycles. The maximum atomic E-state index is 13.2. The molecule has 0 bridgehead atoms. The zero-order chi connectivity index (χ0) is 12.3. The van der Waals surface area contributed by atoms with Crippen molar-refractivity contribution in [1.29, 1.82) is 0 Å². The molecule has 0 aliphatic rings. The average molecular weight is 249 g/mol. The fourth-order valence-electron chi connectivity index (χ4n) is 1.35. The Bertz CT molecular complexity index is 451. The van der Waals surface area contributed by atoms with E-state index < -0.39 is 38.8 Å². The van der Waals surface area contributed by atoms with Crippen molar-refractivity contribution in [3.63, 3.8) is 0 Å². The first kappa shape index (κ1) is 13.1. The van der Waals surface area contributed by atoms with Crippen LogP contribution < -0.4 is 5.73 Å². The molecular weight excluding hydrogens is 236 g/mol. The Morgan fingerprint density at radius 2 is 1.81 bits per heavy atom. The molecule has 0 saturated heterocycles. The molecule has 16 heavy (non-hydrogen) atoms. The quantitative estimate of drug-likeness (QED) is 0.873. The van der Waals surface area contributed by atoms with Crippen molar-refractivity contribution < 1.29 is 17.2 Å². The smallest absolute Gasteiger partial charge is 0.156 e. The van der Waals surface area contributed by atoms with Crippen molar-refractivity contribution in [3.05, 3.63) is 35.4 Å². The van der Waals surface area contributed by atoms with E-state index in [4.69, 9.17) is 5.73 Å². The van der Waals surface area contributed by atoms with Crippen LogP contribution in [0.4, 0.5) is 8.78 Å². The van der Waals surface area contributed by atoms with Gasteiger partial charge in [-0.3, -0.25) is 0 Å². The molecular formula is C10H13F2NO2S. The molecule has 0 aliphatic carbocycles. The number of rotatable bonds is 4. The Labute approximate surface area is 93.2 Å². The third-order valence-electron chi connectivity index (χ3n) is 1.94. The van der Waals surface area contributed by atoms with Gasteiger partial charge in [0, 0.05) is 11.6 Å². The molecule has 1 unspecified atom stereocenters. The summed E-state index contributed by atoms with van der Waals surface area (Å²) in [5.74, 6) is -2.66. The molecule has 0 spiro atoms. The van der Waals surface area contributed by atoms with E-state index in [-0.39, 0.29) is 5.75 Å². The summed E-state index contributed by atoms with van der Waals surface area (Å²) in [6, 6.07) is 2.69. The molecule has 90 valence electrons. The summed E-state index contributed by atoms with van der Waals surface area (Å²) in [4.78, 5) is 0. The Hall–Kier alpha value is -1.01. The summed E-state index contributed by atoms with van der Waals surface area (Å²) in [6.07, 6.45) is 0. The normalized spacial score (nSPS) is 13.8. The molecule has 1 aromatic rings. The van der Waals surface area contributed by atoms with E-state index in [1.807, 2.05) is 0 Å². The van der Waals surface area contributed by atoms with Crippen molar-refractivity contribution in [1.82, 2.24) is 0 Å². The number of benzene rings is 1. The second kappa shape index (κ2) is 4.88. The Balaban J connectivity index is 2.97. The van der Waals surface area contributed by atoms with E-state index >= 15 is 0 Å². The molecule has 0 radical (unpaired) electrons. The van der Waals surface area contributed by atoms with Crippen LogP contribution >= 0.6 is 0 Å². The van der Waals surface area contributed by atoms with Crippen LogP contribution in [0, 0.1) is 11.6 Å². The lowest BCUT2D eigenvalue weighted by atomic mass is 10.2. The summed E-state index contributed by atoms with van der Waals surface area (Å²) in [5.41, 5.74) is 4.91. The molecule has 0 amide bonds. The van der Waals surface area contributed by atoms with Crippen LogP contribution in [0.1, 0.15) is 12.5 Å². The SMILES string of the molecule is CC(N)CS(=O)(=O)Cc1c(F)cccc1F. The number of halogens is 2. The molecule has 3 nitrogen and oxygen atoms in total. The Morgan fingerprint density at radius 1 is 1.31 bits per heavy atom. The van der Waals surface area contributed by atoms with Gasteiger partial charge in [0.05, 0.1) is 11.5 Å². The first-order valence-electron chi connectivity index (χ1n) is 4.71. The molecule has 0 aliphatic heterocycles. The highest BCUT2D eigenvalue weighted by atomic mass is 32.2. The molecule has 0 saturated carbocycles. The minimum Gasteiger partial charge on any atom is -0.327 e. The third-order valence-corrected chi connectivity index (χ3v) is 3.70. The van der Waals surface area contributed by atoms with Crippen LogP contribution in [0.5, 0.6) is 0 Å². The highest BCUT2D eigenvalue weighted by molar-refractivity contribution is 7.90. The summed E-state index contributed by atoms with van der Waals surface area (Å²) in [5, 5.41) is 0. The van der Waals surface area contributed by atoms with E-state index in [0.29, 0.717) is 0 Å². The topological polar surface area (TPSA) is 60.2 Å². The molecule has 6 heteroatoms. The maximum Gasteiger partial charge on any atom is 0.156 e. The van der Waals surface area contributed by atoms with Gasteiger partial charge in [-0.15, -0.1) is 0 Å². The summed E-state index contributed by atoms with van der Waals surface area (Å²) in [7, 11) is -3.58. The van der Waals surface area contributed by atoms with Gasteiger partial charge in [-0.1, -0.05) is 6.07 Å². The highest BCUT2D eigenvalue weighted by Crippen LogP contribution is 2.15. The highest BCUT2D eigenvalue weighted by Gasteiger charge is 2.19. The van der Waals surface area contributed by atoms with Crippen LogP contribution in [-0.4, -0.2) is 20.2 Å². The van der Waals surface area contributed by atoms with Gasteiger partial charge in [-0.25, -0.2) is 17.2 Å². The largest absolute Gasteiger partial charge is 0.327 e. The van der Waals surface area contributed by atoms with E-state index in [2.05, 4.69) is 0 Å². The fraction of sp³-hybridized carbons (Fsp3) is 0.400. The van der Waals surface area contributed by atoms with E-state index in [1.165, 1.54) is 13.0 Å². The van der Waals surface area contributed by atoms with Crippen molar-refractivity contribution in [2.75, 3.05) is 5.75 Å². The van der Waals surface area contributed by atoms with Crippen molar-refractivity contribution in [3.8, 4) is 0 Å². The lowest BCUT2D eigenvalue weighted by molar-refractivity contribution is 0.554. The Morgan fingerprint density at radius 3 is 2.25 bits per heavy atom. The van der Waals surface area contributed by atoms with E-state index in [0.717, 1.165) is 12.1 Å². The van der Waals surface area contributed by atoms with Crippen LogP contribution in [0.3, 0.4) is 0 Å². The lowest BCUT2D eigenvalue weighted by Gasteiger charge is -2.08. The predicted molar refractivity (Wildman–Crippen MR) is 57.5 cm³/mol. The minimum atomic E-state index is -3.58. The Kier molecular flexibility index (Phi) is 3.98. The van der Waals surface area contributed by atoms with E-state index in [1.54, 1.807) is 0 Å². The zero-order valence-electron chi connectivity index (χ0n) is 8.78. The van der Waals surface area contributed by atoms with Gasteiger partial charge in [0.25, 0.3) is 0 Å². The van der Waals surface area contributed by atoms with Gasteiger partial charge in [0.1, 0.15) is 11.6 Å². The number of hydrogen-bond donors (Lipinski definition) is 1. The van der Waals surface area contributed by atoms with Crippen molar-refractivity contribution in [2.45, 2.75) is 18.7 Å². The standard InChI is InChI=1S/C10H13F2NO2S/c1-7(13)5-16(14,15)6-8-9(11)3-2-4-10(8)12/h2-4,7H,5-6,13H2,1H3. The molecule has 1 atom stereocenters. The van der Waals surface area contributed by atoms with Gasteiger partial charge in [0.15, 0.2) is 9.84 Å². The fourth-order valence-corrected chi connectivity index (χ4v) is 2.98. The third kappa shape index (κ3) is 3.53. The van der Waals surface area contributed by atoms with Crippen LogP contribution in [0.2, 0.25) is 0 Å². The number of hydrogen-bond acceptors (Lipinski definition) is 3. The van der Waals surface area contributed by atoms with Crippen molar-refractivity contribution in [2.24, 2.45) is 5.73 Å². The maximum absolute atomic E-state index is 13.2. The van der Waals surface area contributed by atoms with Crippen LogP contribution in [0.25, 0.3) is 0 Å². The monoisotopic (exact) mass is 249 g/mol. The first-order valence-corrected chi connectivity index (χ1v) is 6.53. The number of sulfone groups is 1. The molecule has 1 aromatic carbocycles. The first-order chi connectivity index (χ1) is 7.32. The zero-order valence-corrected chi connectivity index (χ0v) is 9.60. The molecule has 2 N–H and O–H groups in total.